The van der Waals surface area contributed by atoms with Crippen molar-refractivity contribution in [3.8, 4) is 0 Å². The highest BCUT2D eigenvalue weighted by Gasteiger charge is 2.57. The van der Waals surface area contributed by atoms with Gasteiger partial charge in [0.25, 0.3) is 0 Å². The summed E-state index contributed by atoms with van der Waals surface area (Å²) in [5.41, 5.74) is -0.238. The lowest BCUT2D eigenvalue weighted by molar-refractivity contribution is -0.204. The third-order valence-corrected chi connectivity index (χ3v) is 5.51. The van der Waals surface area contributed by atoms with Crippen LogP contribution >= 0.6 is 0 Å². The van der Waals surface area contributed by atoms with Gasteiger partial charge in [-0.05, 0) is 50.4 Å². The first kappa shape index (κ1) is 12.2. The first-order valence-electron chi connectivity index (χ1n) is 7.04. The SMILES string of the molecule is C=C1C(=O)OC2C3[C@@H](CC[C@@]2(C)O)[C@H](C)CC[C@@H]13. The van der Waals surface area contributed by atoms with Crippen LogP contribution in [-0.4, -0.2) is 22.8 Å². The van der Waals surface area contributed by atoms with Crippen LogP contribution < -0.4 is 0 Å². The smallest absolute Gasteiger partial charge is 0.334 e. The van der Waals surface area contributed by atoms with Crippen molar-refractivity contribution in [3.63, 3.8) is 0 Å². The van der Waals surface area contributed by atoms with Crippen molar-refractivity contribution < 1.29 is 14.6 Å². The number of carbonyl (C=O) groups is 1. The average molecular weight is 250 g/mol. The molecule has 2 aliphatic carbocycles. The first-order valence-corrected chi connectivity index (χ1v) is 7.04. The minimum Gasteiger partial charge on any atom is -0.456 e. The summed E-state index contributed by atoms with van der Waals surface area (Å²) in [5.74, 6) is 1.44. The van der Waals surface area contributed by atoms with Gasteiger partial charge in [0.15, 0.2) is 0 Å². The van der Waals surface area contributed by atoms with Crippen LogP contribution in [0.5, 0.6) is 0 Å². The summed E-state index contributed by atoms with van der Waals surface area (Å²) in [6.45, 7) is 8.02. The van der Waals surface area contributed by atoms with E-state index in [2.05, 4.69) is 13.5 Å². The Labute approximate surface area is 108 Å². The molecule has 3 aliphatic rings. The standard InChI is InChI=1S/C15H22O3/c1-8-4-5-11-9(2)14(16)18-13-12(11)10(8)6-7-15(13,3)17/h8,10-13,17H,2,4-7H2,1,3H3/t8-,10+,11+,12?,13?,15-/m1/s1. The van der Waals surface area contributed by atoms with E-state index in [1.165, 1.54) is 0 Å². The number of hydrogen-bond acceptors (Lipinski definition) is 3. The predicted molar refractivity (Wildman–Crippen MR) is 67.7 cm³/mol. The molecule has 3 heteroatoms. The van der Waals surface area contributed by atoms with Crippen LogP contribution in [0.4, 0.5) is 0 Å². The van der Waals surface area contributed by atoms with Gasteiger partial charge < -0.3 is 9.84 Å². The van der Waals surface area contributed by atoms with Crippen LogP contribution in [0, 0.1) is 23.7 Å². The van der Waals surface area contributed by atoms with Crippen molar-refractivity contribution in [2.75, 3.05) is 0 Å². The Morgan fingerprint density at radius 1 is 1.39 bits per heavy atom. The van der Waals surface area contributed by atoms with Gasteiger partial charge in [-0.3, -0.25) is 0 Å². The average Bonchev–Trinajstić information content (AvgIpc) is 2.31. The second-order valence-corrected chi connectivity index (χ2v) is 6.65. The fourth-order valence-corrected chi connectivity index (χ4v) is 4.41. The molecule has 0 radical (unpaired) electrons. The number of ether oxygens (including phenoxy) is 1. The van der Waals surface area contributed by atoms with Gasteiger partial charge in [0.1, 0.15) is 6.10 Å². The van der Waals surface area contributed by atoms with Gasteiger partial charge in [0.05, 0.1) is 5.60 Å². The van der Waals surface area contributed by atoms with E-state index in [1.54, 1.807) is 0 Å². The monoisotopic (exact) mass is 250 g/mol. The quantitative estimate of drug-likeness (QED) is 0.530. The number of carbonyl (C=O) groups excluding carboxylic acids is 1. The van der Waals surface area contributed by atoms with Crippen molar-refractivity contribution in [1.29, 1.82) is 0 Å². The lowest BCUT2D eigenvalue weighted by atomic mass is 9.55. The predicted octanol–water partition coefficient (Wildman–Crippen LogP) is 2.29. The molecule has 0 bridgehead atoms. The maximum Gasteiger partial charge on any atom is 0.334 e. The van der Waals surface area contributed by atoms with E-state index in [0.717, 1.165) is 25.7 Å². The van der Waals surface area contributed by atoms with Crippen LogP contribution in [0.15, 0.2) is 12.2 Å². The van der Waals surface area contributed by atoms with E-state index in [9.17, 15) is 9.90 Å². The molecule has 0 aromatic rings. The Bertz CT molecular complexity index is 399. The fraction of sp³-hybridized carbons (Fsp3) is 0.800. The molecule has 1 saturated heterocycles. The summed E-state index contributed by atoms with van der Waals surface area (Å²) < 4.78 is 5.51. The summed E-state index contributed by atoms with van der Waals surface area (Å²) in [6.07, 6.45) is 3.62. The van der Waals surface area contributed by atoms with Crippen LogP contribution in [0.25, 0.3) is 0 Å². The summed E-state index contributed by atoms with van der Waals surface area (Å²) in [5, 5.41) is 10.5. The Kier molecular flexibility index (Phi) is 2.60. The van der Waals surface area contributed by atoms with Crippen LogP contribution in [0.3, 0.4) is 0 Å². The Morgan fingerprint density at radius 2 is 2.11 bits per heavy atom. The molecule has 3 nitrogen and oxygen atoms in total. The lowest BCUT2D eigenvalue weighted by Gasteiger charge is -2.55. The third-order valence-electron chi connectivity index (χ3n) is 5.51. The molecule has 1 N–H and O–H groups in total. The maximum absolute atomic E-state index is 11.9. The molecule has 1 heterocycles. The van der Waals surface area contributed by atoms with Crippen molar-refractivity contribution in [1.82, 2.24) is 0 Å². The van der Waals surface area contributed by atoms with E-state index < -0.39 is 5.60 Å². The van der Waals surface area contributed by atoms with Gasteiger partial charge in [-0.1, -0.05) is 13.5 Å². The fourth-order valence-electron chi connectivity index (χ4n) is 4.41. The minimum atomic E-state index is -0.868. The topological polar surface area (TPSA) is 46.5 Å². The Hall–Kier alpha value is -0.830. The maximum atomic E-state index is 11.9. The minimum absolute atomic E-state index is 0.226. The van der Waals surface area contributed by atoms with Gasteiger partial charge in [0.2, 0.25) is 0 Å². The van der Waals surface area contributed by atoms with E-state index in [0.29, 0.717) is 17.4 Å². The van der Waals surface area contributed by atoms with Crippen LogP contribution in [-0.2, 0) is 9.53 Å². The number of rotatable bonds is 0. The van der Waals surface area contributed by atoms with Crippen LogP contribution in [0.2, 0.25) is 0 Å². The normalized spacial score (nSPS) is 51.6. The molecule has 3 fully saturated rings. The van der Waals surface area contributed by atoms with E-state index in [1.807, 2.05) is 6.92 Å². The Balaban J connectivity index is 2.00. The van der Waals surface area contributed by atoms with Gasteiger partial charge in [0, 0.05) is 11.5 Å². The molecule has 2 saturated carbocycles. The molecule has 3 rings (SSSR count). The van der Waals surface area contributed by atoms with Gasteiger partial charge in [-0.25, -0.2) is 4.79 Å². The molecular weight excluding hydrogens is 228 g/mol. The number of hydrogen-bond donors (Lipinski definition) is 1. The van der Waals surface area contributed by atoms with Crippen molar-refractivity contribution >= 4 is 5.97 Å². The molecule has 0 amide bonds. The van der Waals surface area contributed by atoms with Crippen molar-refractivity contribution in [2.45, 2.75) is 51.2 Å². The zero-order chi connectivity index (χ0) is 13.1. The number of esters is 1. The van der Waals surface area contributed by atoms with E-state index in [-0.39, 0.29) is 23.9 Å². The second kappa shape index (κ2) is 3.83. The number of aliphatic hydroxyl groups is 1. The molecule has 2 unspecified atom stereocenters. The zero-order valence-corrected chi connectivity index (χ0v) is 11.2. The van der Waals surface area contributed by atoms with Crippen molar-refractivity contribution in [2.24, 2.45) is 23.7 Å². The van der Waals surface area contributed by atoms with E-state index in [4.69, 9.17) is 4.74 Å². The highest BCUT2D eigenvalue weighted by Crippen LogP contribution is 2.54. The Morgan fingerprint density at radius 3 is 2.83 bits per heavy atom. The molecule has 0 aromatic carbocycles. The summed E-state index contributed by atoms with van der Waals surface area (Å²) in [4.78, 5) is 11.9. The van der Waals surface area contributed by atoms with Gasteiger partial charge in [-0.15, -0.1) is 0 Å². The van der Waals surface area contributed by atoms with Crippen molar-refractivity contribution in [3.05, 3.63) is 12.2 Å². The van der Waals surface area contributed by atoms with Gasteiger partial charge >= 0.3 is 5.97 Å². The molecule has 100 valence electrons. The summed E-state index contributed by atoms with van der Waals surface area (Å²) in [7, 11) is 0. The van der Waals surface area contributed by atoms with E-state index >= 15 is 0 Å². The summed E-state index contributed by atoms with van der Waals surface area (Å²) >= 11 is 0. The van der Waals surface area contributed by atoms with Crippen LogP contribution in [0.1, 0.15) is 39.5 Å². The highest BCUT2D eigenvalue weighted by atomic mass is 16.6. The second-order valence-electron chi connectivity index (χ2n) is 6.65. The largest absolute Gasteiger partial charge is 0.456 e. The summed E-state index contributed by atoms with van der Waals surface area (Å²) in [6, 6.07) is 0. The molecule has 0 spiro atoms. The lowest BCUT2D eigenvalue weighted by Crippen LogP contribution is -2.60. The molecule has 6 atom stereocenters. The molecule has 0 aromatic heterocycles. The molecular formula is C15H22O3. The highest BCUT2D eigenvalue weighted by molar-refractivity contribution is 5.89. The van der Waals surface area contributed by atoms with Gasteiger partial charge in [-0.2, -0.15) is 0 Å². The zero-order valence-electron chi connectivity index (χ0n) is 11.2. The third kappa shape index (κ3) is 1.56. The molecule has 1 aliphatic heterocycles. The molecule has 18 heavy (non-hydrogen) atoms. The first-order chi connectivity index (χ1) is 8.42.